The molecule has 0 atom stereocenters. The molecule has 8 heteroatoms. The Kier molecular flexibility index (Phi) is 4.83. The van der Waals surface area contributed by atoms with Gasteiger partial charge in [0.15, 0.2) is 0 Å². The first-order chi connectivity index (χ1) is 11.8. The van der Waals surface area contributed by atoms with Crippen molar-refractivity contribution in [2.75, 3.05) is 16.2 Å². The molecule has 0 fully saturated rings. The van der Waals surface area contributed by atoms with Crippen LogP contribution < -0.4 is 9.62 Å². The van der Waals surface area contributed by atoms with E-state index in [0.29, 0.717) is 17.4 Å². The Bertz CT molecular complexity index is 947. The number of carbonyl (C=O) groups is 1. The van der Waals surface area contributed by atoms with Crippen molar-refractivity contribution in [2.45, 2.75) is 24.7 Å². The standard InChI is InChI=1S/C17H16BrFN2O3S/c1-11(22)21-8-2-3-12-9-14(5-7-17(12)21)25(23,24)20-16-6-4-13(18)10-15(16)19/h4-7,9-10,20H,2-3,8H2,1H3. The highest BCUT2D eigenvalue weighted by molar-refractivity contribution is 9.10. The Morgan fingerprint density at radius 3 is 2.68 bits per heavy atom. The topological polar surface area (TPSA) is 66.5 Å². The fourth-order valence-corrected chi connectivity index (χ4v) is 4.29. The number of amides is 1. The molecule has 0 aliphatic carbocycles. The number of carbonyl (C=O) groups excluding carboxylic acids is 1. The first-order valence-electron chi connectivity index (χ1n) is 7.67. The monoisotopic (exact) mass is 426 g/mol. The van der Waals surface area contributed by atoms with Gasteiger partial charge in [0.05, 0.1) is 10.6 Å². The van der Waals surface area contributed by atoms with Crippen LogP contribution >= 0.6 is 15.9 Å². The number of nitrogens with one attached hydrogen (secondary N) is 1. The van der Waals surface area contributed by atoms with Crippen molar-refractivity contribution in [1.82, 2.24) is 0 Å². The van der Waals surface area contributed by atoms with E-state index in [1.165, 1.54) is 25.1 Å². The summed E-state index contributed by atoms with van der Waals surface area (Å²) in [6.07, 6.45) is 1.46. The Balaban J connectivity index is 1.94. The molecule has 1 heterocycles. The van der Waals surface area contributed by atoms with Gasteiger partial charge in [0.2, 0.25) is 5.91 Å². The first kappa shape index (κ1) is 17.9. The molecule has 1 N–H and O–H groups in total. The smallest absolute Gasteiger partial charge is 0.261 e. The zero-order chi connectivity index (χ0) is 18.2. The molecule has 0 aromatic heterocycles. The lowest BCUT2D eigenvalue weighted by Crippen LogP contribution is -2.33. The summed E-state index contributed by atoms with van der Waals surface area (Å²) in [6.45, 7) is 2.11. The second-order valence-electron chi connectivity index (χ2n) is 5.79. The molecular formula is C17H16BrFN2O3S. The molecule has 1 aliphatic rings. The van der Waals surface area contributed by atoms with Crippen molar-refractivity contribution in [3.63, 3.8) is 0 Å². The summed E-state index contributed by atoms with van der Waals surface area (Å²) in [5, 5.41) is 0. The van der Waals surface area contributed by atoms with E-state index in [1.807, 2.05) is 0 Å². The average molecular weight is 427 g/mol. The normalized spacial score (nSPS) is 14.1. The minimum atomic E-state index is -3.93. The Labute approximate surface area is 154 Å². The van der Waals surface area contributed by atoms with Crippen LogP contribution in [-0.4, -0.2) is 20.9 Å². The van der Waals surface area contributed by atoms with Crippen molar-refractivity contribution in [3.8, 4) is 0 Å². The third-order valence-electron chi connectivity index (χ3n) is 4.04. The highest BCUT2D eigenvalue weighted by atomic mass is 79.9. The fraction of sp³-hybridized carbons (Fsp3) is 0.235. The van der Waals surface area contributed by atoms with E-state index in [-0.39, 0.29) is 16.5 Å². The largest absolute Gasteiger partial charge is 0.312 e. The minimum Gasteiger partial charge on any atom is -0.312 e. The van der Waals surface area contributed by atoms with Crippen LogP contribution in [0.4, 0.5) is 15.8 Å². The number of rotatable bonds is 3. The molecular weight excluding hydrogens is 411 g/mol. The van der Waals surface area contributed by atoms with Gasteiger partial charge >= 0.3 is 0 Å². The number of aryl methyl sites for hydroxylation is 1. The Morgan fingerprint density at radius 1 is 1.24 bits per heavy atom. The zero-order valence-electron chi connectivity index (χ0n) is 13.4. The molecule has 25 heavy (non-hydrogen) atoms. The predicted octanol–water partition coefficient (Wildman–Crippen LogP) is 3.69. The van der Waals surface area contributed by atoms with Gasteiger partial charge in [-0.2, -0.15) is 0 Å². The number of benzene rings is 2. The van der Waals surface area contributed by atoms with Crippen molar-refractivity contribution < 1.29 is 17.6 Å². The van der Waals surface area contributed by atoms with E-state index in [1.54, 1.807) is 23.1 Å². The SMILES string of the molecule is CC(=O)N1CCCc2cc(S(=O)(=O)Nc3ccc(Br)cc3F)ccc21. The molecule has 3 rings (SSSR count). The summed E-state index contributed by atoms with van der Waals surface area (Å²) in [4.78, 5) is 13.4. The Hall–Kier alpha value is -1.93. The lowest BCUT2D eigenvalue weighted by molar-refractivity contribution is -0.116. The summed E-state index contributed by atoms with van der Waals surface area (Å²) < 4.78 is 41.8. The second-order valence-corrected chi connectivity index (χ2v) is 8.39. The van der Waals surface area contributed by atoms with Gasteiger partial charge in [-0.3, -0.25) is 9.52 Å². The number of halogens is 2. The molecule has 0 saturated heterocycles. The highest BCUT2D eigenvalue weighted by Gasteiger charge is 2.23. The van der Waals surface area contributed by atoms with E-state index >= 15 is 0 Å². The fourth-order valence-electron chi connectivity index (χ4n) is 2.84. The van der Waals surface area contributed by atoms with Gasteiger partial charge in [0.1, 0.15) is 5.82 Å². The van der Waals surface area contributed by atoms with Crippen molar-refractivity contribution in [1.29, 1.82) is 0 Å². The number of sulfonamides is 1. The minimum absolute atomic E-state index is 0.0407. The first-order valence-corrected chi connectivity index (χ1v) is 9.94. The molecule has 1 amide bonds. The zero-order valence-corrected chi connectivity index (χ0v) is 15.8. The molecule has 1 aliphatic heterocycles. The number of hydrogen-bond donors (Lipinski definition) is 1. The maximum absolute atomic E-state index is 13.9. The second kappa shape index (κ2) is 6.76. The molecule has 0 radical (unpaired) electrons. The van der Waals surface area contributed by atoms with E-state index in [2.05, 4.69) is 20.7 Å². The van der Waals surface area contributed by atoms with Crippen LogP contribution in [-0.2, 0) is 21.2 Å². The predicted molar refractivity (Wildman–Crippen MR) is 97.7 cm³/mol. The summed E-state index contributed by atoms with van der Waals surface area (Å²) >= 11 is 3.13. The molecule has 0 bridgehead atoms. The molecule has 0 unspecified atom stereocenters. The molecule has 0 spiro atoms. The van der Waals surface area contributed by atoms with Gasteiger partial charge in [-0.1, -0.05) is 15.9 Å². The van der Waals surface area contributed by atoms with Crippen LogP contribution in [0.3, 0.4) is 0 Å². The van der Waals surface area contributed by atoms with Gasteiger partial charge in [0.25, 0.3) is 10.0 Å². The summed E-state index contributed by atoms with van der Waals surface area (Å²) in [6, 6.07) is 8.70. The lowest BCUT2D eigenvalue weighted by Gasteiger charge is -2.28. The van der Waals surface area contributed by atoms with E-state index in [9.17, 15) is 17.6 Å². The maximum atomic E-state index is 13.9. The molecule has 2 aromatic carbocycles. The number of fused-ring (bicyclic) bond motifs is 1. The van der Waals surface area contributed by atoms with Gasteiger partial charge in [-0.25, -0.2) is 12.8 Å². The van der Waals surface area contributed by atoms with Crippen LogP contribution in [0.15, 0.2) is 45.8 Å². The van der Waals surface area contributed by atoms with E-state index < -0.39 is 15.8 Å². The van der Waals surface area contributed by atoms with Gasteiger partial charge in [-0.15, -0.1) is 0 Å². The van der Waals surface area contributed by atoms with Crippen LogP contribution in [0.2, 0.25) is 0 Å². The Morgan fingerprint density at radius 2 is 2.00 bits per heavy atom. The van der Waals surface area contributed by atoms with Crippen LogP contribution in [0.25, 0.3) is 0 Å². The van der Waals surface area contributed by atoms with Crippen molar-refractivity contribution in [3.05, 3.63) is 52.3 Å². The molecule has 132 valence electrons. The number of hydrogen-bond acceptors (Lipinski definition) is 3. The number of nitrogens with zero attached hydrogens (tertiary/aromatic N) is 1. The van der Waals surface area contributed by atoms with E-state index in [0.717, 1.165) is 17.7 Å². The van der Waals surface area contributed by atoms with Crippen LogP contribution in [0.1, 0.15) is 18.9 Å². The van der Waals surface area contributed by atoms with E-state index in [4.69, 9.17) is 0 Å². The quantitative estimate of drug-likeness (QED) is 0.813. The van der Waals surface area contributed by atoms with Gasteiger partial charge in [-0.05, 0) is 54.8 Å². The molecule has 0 saturated carbocycles. The molecule has 2 aromatic rings. The number of anilines is 2. The van der Waals surface area contributed by atoms with Crippen molar-refractivity contribution in [2.24, 2.45) is 0 Å². The summed E-state index contributed by atoms with van der Waals surface area (Å²) in [7, 11) is -3.93. The van der Waals surface area contributed by atoms with Gasteiger partial charge in [0, 0.05) is 23.6 Å². The summed E-state index contributed by atoms with van der Waals surface area (Å²) in [5.41, 5.74) is 1.40. The van der Waals surface area contributed by atoms with Crippen LogP contribution in [0, 0.1) is 5.82 Å². The third kappa shape index (κ3) is 3.69. The third-order valence-corrected chi connectivity index (χ3v) is 5.89. The molecule has 5 nitrogen and oxygen atoms in total. The van der Waals surface area contributed by atoms with Gasteiger partial charge < -0.3 is 4.90 Å². The van der Waals surface area contributed by atoms with Crippen LogP contribution in [0.5, 0.6) is 0 Å². The average Bonchev–Trinajstić information content (AvgIpc) is 2.56. The highest BCUT2D eigenvalue weighted by Crippen LogP contribution is 2.30. The lowest BCUT2D eigenvalue weighted by atomic mass is 10.0. The summed E-state index contributed by atoms with van der Waals surface area (Å²) in [5.74, 6) is -0.745. The maximum Gasteiger partial charge on any atom is 0.261 e. The van der Waals surface area contributed by atoms with Crippen molar-refractivity contribution >= 4 is 43.2 Å².